The summed E-state index contributed by atoms with van der Waals surface area (Å²) in [6, 6.07) is 8.11. The molecule has 0 heterocycles. The van der Waals surface area contributed by atoms with Gasteiger partial charge in [-0.05, 0) is 92.9 Å². The van der Waals surface area contributed by atoms with E-state index in [1.54, 1.807) is 28.4 Å². The van der Waals surface area contributed by atoms with Gasteiger partial charge in [0.05, 0.1) is 28.4 Å². The molecule has 5 nitrogen and oxygen atoms in total. The van der Waals surface area contributed by atoms with Crippen LogP contribution in [0.2, 0.25) is 0 Å². The molecule has 0 aromatic heterocycles. The van der Waals surface area contributed by atoms with Crippen LogP contribution in [0.15, 0.2) is 33.2 Å². The molecule has 2 aromatic rings. The average Bonchev–Trinajstić information content (AvgIpc) is 2.74. The van der Waals surface area contributed by atoms with Crippen LogP contribution in [-0.2, 0) is 17.6 Å². The zero-order chi connectivity index (χ0) is 21.2. The van der Waals surface area contributed by atoms with Gasteiger partial charge in [-0.2, -0.15) is 0 Å². The second kappa shape index (κ2) is 12.3. The number of halogens is 2. The molecule has 2 rings (SSSR count). The first kappa shape index (κ1) is 23.8. The average molecular weight is 532 g/mol. The largest absolute Gasteiger partial charge is 0.495 e. The molecule has 0 fully saturated rings. The molecule has 0 spiro atoms. The van der Waals surface area contributed by atoms with E-state index in [1.807, 2.05) is 24.3 Å². The number of hydrogen-bond donors (Lipinski definition) is 0. The Morgan fingerprint density at radius 2 is 0.897 bits per heavy atom. The van der Waals surface area contributed by atoms with Gasteiger partial charge in [0.1, 0.15) is 31.9 Å². The Balaban J connectivity index is 1.74. The second-order valence-corrected chi connectivity index (χ2v) is 8.03. The number of benzene rings is 2. The van der Waals surface area contributed by atoms with Crippen molar-refractivity contribution >= 4 is 31.9 Å². The van der Waals surface area contributed by atoms with Gasteiger partial charge in [0.25, 0.3) is 0 Å². The SMILES string of the molecule is COc1cc(CCCOCCCc2cc(OC)c(Br)c(OC)c2)cc(OC)c1Br. The van der Waals surface area contributed by atoms with Crippen molar-refractivity contribution in [3.8, 4) is 23.0 Å². The molecule has 160 valence electrons. The quantitative estimate of drug-likeness (QED) is 0.322. The summed E-state index contributed by atoms with van der Waals surface area (Å²) in [6.07, 6.45) is 3.68. The van der Waals surface area contributed by atoms with Crippen LogP contribution in [0.4, 0.5) is 0 Å². The van der Waals surface area contributed by atoms with Crippen molar-refractivity contribution in [1.29, 1.82) is 0 Å². The third kappa shape index (κ3) is 6.79. The molecule has 0 bridgehead atoms. The van der Waals surface area contributed by atoms with Gasteiger partial charge in [-0.15, -0.1) is 0 Å². The minimum Gasteiger partial charge on any atom is -0.495 e. The Hall–Kier alpha value is -1.44. The van der Waals surface area contributed by atoms with Gasteiger partial charge in [-0.3, -0.25) is 0 Å². The van der Waals surface area contributed by atoms with Crippen molar-refractivity contribution in [3.05, 3.63) is 44.3 Å². The topological polar surface area (TPSA) is 46.2 Å². The predicted octanol–water partition coefficient (Wildman–Crippen LogP) is 5.83. The second-order valence-electron chi connectivity index (χ2n) is 6.45. The zero-order valence-electron chi connectivity index (χ0n) is 17.3. The molecule has 2 aromatic carbocycles. The highest BCUT2D eigenvalue weighted by atomic mass is 79.9. The van der Waals surface area contributed by atoms with Gasteiger partial charge in [0, 0.05) is 13.2 Å². The number of methoxy groups -OCH3 is 4. The Labute approximate surface area is 189 Å². The molecule has 0 aliphatic heterocycles. The van der Waals surface area contributed by atoms with Crippen LogP contribution in [0.25, 0.3) is 0 Å². The third-order valence-electron chi connectivity index (χ3n) is 4.52. The van der Waals surface area contributed by atoms with Crippen molar-refractivity contribution in [2.45, 2.75) is 25.7 Å². The van der Waals surface area contributed by atoms with Crippen LogP contribution in [0.5, 0.6) is 23.0 Å². The maximum Gasteiger partial charge on any atom is 0.137 e. The Morgan fingerprint density at radius 3 is 1.17 bits per heavy atom. The van der Waals surface area contributed by atoms with Crippen LogP contribution < -0.4 is 18.9 Å². The Kier molecular flexibility index (Phi) is 10.1. The lowest BCUT2D eigenvalue weighted by Gasteiger charge is -2.12. The Bertz CT molecular complexity index is 679. The lowest BCUT2D eigenvalue weighted by molar-refractivity contribution is 0.129. The van der Waals surface area contributed by atoms with Crippen LogP contribution >= 0.6 is 31.9 Å². The van der Waals surface area contributed by atoms with E-state index in [2.05, 4.69) is 31.9 Å². The summed E-state index contributed by atoms with van der Waals surface area (Å²) in [5, 5.41) is 0. The maximum absolute atomic E-state index is 5.81. The van der Waals surface area contributed by atoms with E-state index in [0.717, 1.165) is 57.6 Å². The highest BCUT2D eigenvalue weighted by Crippen LogP contribution is 2.36. The molecule has 0 atom stereocenters. The summed E-state index contributed by atoms with van der Waals surface area (Å²) in [6.45, 7) is 1.43. The lowest BCUT2D eigenvalue weighted by atomic mass is 10.1. The number of hydrogen-bond acceptors (Lipinski definition) is 5. The zero-order valence-corrected chi connectivity index (χ0v) is 20.5. The molecule has 0 saturated heterocycles. The van der Waals surface area contributed by atoms with Gasteiger partial charge in [0.2, 0.25) is 0 Å². The summed E-state index contributed by atoms with van der Waals surface area (Å²) in [5.74, 6) is 3.11. The molecule has 0 unspecified atom stereocenters. The molecular formula is C22H28Br2O5. The van der Waals surface area contributed by atoms with E-state index in [4.69, 9.17) is 23.7 Å². The van der Waals surface area contributed by atoms with Gasteiger partial charge >= 0.3 is 0 Å². The van der Waals surface area contributed by atoms with E-state index >= 15 is 0 Å². The monoisotopic (exact) mass is 530 g/mol. The first-order valence-corrected chi connectivity index (χ1v) is 11.0. The Morgan fingerprint density at radius 1 is 0.586 bits per heavy atom. The van der Waals surface area contributed by atoms with Crippen molar-refractivity contribution in [2.75, 3.05) is 41.7 Å². The third-order valence-corrected chi connectivity index (χ3v) is 6.08. The van der Waals surface area contributed by atoms with Crippen LogP contribution in [-0.4, -0.2) is 41.7 Å². The van der Waals surface area contributed by atoms with Crippen LogP contribution in [0.3, 0.4) is 0 Å². The normalized spacial score (nSPS) is 10.7. The van der Waals surface area contributed by atoms with Gasteiger partial charge in [-0.25, -0.2) is 0 Å². The summed E-state index contributed by atoms with van der Waals surface area (Å²) in [5.41, 5.74) is 2.33. The molecule has 7 heteroatoms. The van der Waals surface area contributed by atoms with Crippen molar-refractivity contribution in [2.24, 2.45) is 0 Å². The number of aryl methyl sites for hydroxylation is 2. The number of ether oxygens (including phenoxy) is 5. The smallest absolute Gasteiger partial charge is 0.137 e. The van der Waals surface area contributed by atoms with Crippen molar-refractivity contribution in [1.82, 2.24) is 0 Å². The van der Waals surface area contributed by atoms with E-state index in [0.29, 0.717) is 13.2 Å². The van der Waals surface area contributed by atoms with Gasteiger partial charge < -0.3 is 23.7 Å². The fourth-order valence-electron chi connectivity index (χ4n) is 2.99. The summed E-state index contributed by atoms with van der Waals surface area (Å²) in [7, 11) is 6.62. The minimum atomic E-state index is 0.716. The first-order chi connectivity index (χ1) is 14.0. The molecular weight excluding hydrogens is 504 g/mol. The first-order valence-electron chi connectivity index (χ1n) is 9.42. The fourth-order valence-corrected chi connectivity index (χ4v) is 4.10. The summed E-state index contributed by atoms with van der Waals surface area (Å²) in [4.78, 5) is 0. The van der Waals surface area contributed by atoms with E-state index < -0.39 is 0 Å². The minimum absolute atomic E-state index is 0.716. The molecule has 0 amide bonds. The fraction of sp³-hybridized carbons (Fsp3) is 0.455. The molecule has 0 radical (unpaired) electrons. The standard InChI is InChI=1S/C22H28Br2O5/c1-25-17-11-15(12-18(26-2)21(17)23)7-5-9-29-10-6-8-16-13-19(27-3)22(24)20(14-16)28-4/h11-14H,5-10H2,1-4H3. The molecule has 29 heavy (non-hydrogen) atoms. The number of rotatable bonds is 12. The molecule has 0 saturated carbocycles. The van der Waals surface area contributed by atoms with Crippen LogP contribution in [0.1, 0.15) is 24.0 Å². The molecule has 0 N–H and O–H groups in total. The van der Waals surface area contributed by atoms with Gasteiger partial charge in [0.15, 0.2) is 0 Å². The highest BCUT2D eigenvalue weighted by molar-refractivity contribution is 9.11. The maximum atomic E-state index is 5.81. The van der Waals surface area contributed by atoms with E-state index in [-0.39, 0.29) is 0 Å². The van der Waals surface area contributed by atoms with E-state index in [1.165, 1.54) is 11.1 Å². The predicted molar refractivity (Wildman–Crippen MR) is 122 cm³/mol. The molecule has 0 aliphatic rings. The van der Waals surface area contributed by atoms with Crippen molar-refractivity contribution < 1.29 is 23.7 Å². The molecule has 0 aliphatic carbocycles. The van der Waals surface area contributed by atoms with Crippen LogP contribution in [0, 0.1) is 0 Å². The van der Waals surface area contributed by atoms with Gasteiger partial charge in [-0.1, -0.05) is 0 Å². The van der Waals surface area contributed by atoms with E-state index in [9.17, 15) is 0 Å². The summed E-state index contributed by atoms with van der Waals surface area (Å²) < 4.78 is 29.0. The highest BCUT2D eigenvalue weighted by Gasteiger charge is 2.11. The van der Waals surface area contributed by atoms with Crippen molar-refractivity contribution in [3.63, 3.8) is 0 Å². The lowest BCUT2D eigenvalue weighted by Crippen LogP contribution is -2.01. The summed E-state index contributed by atoms with van der Waals surface area (Å²) >= 11 is 6.99.